The number of hydrogen-bond donors (Lipinski definition) is 1. The average Bonchev–Trinajstić information content (AvgIpc) is 2.85. The Labute approximate surface area is 228 Å². The van der Waals surface area contributed by atoms with Crippen molar-refractivity contribution in [3.05, 3.63) is 65.0 Å². The third-order valence-corrected chi connectivity index (χ3v) is 5.82. The molecule has 1 atom stereocenters. The Bertz CT molecular complexity index is 1300. The molecule has 0 aliphatic heterocycles. The summed E-state index contributed by atoms with van der Waals surface area (Å²) in [7, 11) is 0.926. The second-order valence-electron chi connectivity index (χ2n) is 10.1. The lowest BCUT2D eigenvalue weighted by molar-refractivity contribution is -0.171. The van der Waals surface area contributed by atoms with E-state index in [1.54, 1.807) is 64.1 Å². The molecule has 0 saturated carbocycles. The Hall–Kier alpha value is -4.09. The highest BCUT2D eigenvalue weighted by molar-refractivity contribution is 6.02. The molecule has 0 aromatic heterocycles. The summed E-state index contributed by atoms with van der Waals surface area (Å²) in [5.74, 6) is -5.27. The molecule has 1 aliphatic carbocycles. The Morgan fingerprint density at radius 1 is 1.10 bits per heavy atom. The number of anilines is 1. The van der Waals surface area contributed by atoms with Gasteiger partial charge in [-0.1, -0.05) is 36.4 Å². The number of amides is 2. The van der Waals surface area contributed by atoms with Crippen LogP contribution in [0.2, 0.25) is 0 Å². The molecule has 0 spiro atoms. The number of ether oxygens (including phenoxy) is 3. The summed E-state index contributed by atoms with van der Waals surface area (Å²) in [5.41, 5.74) is -0.309. The molecular weight excluding hydrogens is 536 g/mol. The summed E-state index contributed by atoms with van der Waals surface area (Å²) in [6.07, 6.45) is -4.73. The van der Waals surface area contributed by atoms with Crippen LogP contribution in [-0.2, 0) is 32.1 Å². The number of hydrogen-bond acceptors (Lipinski definition) is 6. The lowest BCUT2D eigenvalue weighted by Gasteiger charge is -2.30. The van der Waals surface area contributed by atoms with Crippen molar-refractivity contribution in [2.45, 2.75) is 58.5 Å². The van der Waals surface area contributed by atoms with Crippen LogP contribution in [-0.4, -0.2) is 49.4 Å². The van der Waals surface area contributed by atoms with Gasteiger partial charge in [-0.3, -0.25) is 14.5 Å². The molecule has 0 unspecified atom stereocenters. The maximum Gasteiger partial charge on any atom is 0.471 e. The molecule has 2 amide bonds. The van der Waals surface area contributed by atoms with E-state index in [1.165, 1.54) is 6.07 Å². The number of esters is 1. The summed E-state index contributed by atoms with van der Waals surface area (Å²) in [5, 5.41) is 2.60. The van der Waals surface area contributed by atoms with E-state index in [-0.39, 0.29) is 29.2 Å². The molecule has 0 fully saturated rings. The van der Waals surface area contributed by atoms with Gasteiger partial charge in [0.1, 0.15) is 30.2 Å². The van der Waals surface area contributed by atoms with Gasteiger partial charge in [-0.25, -0.2) is 9.18 Å². The van der Waals surface area contributed by atoms with Crippen molar-refractivity contribution in [2.24, 2.45) is 0 Å². The third kappa shape index (κ3) is 7.51. The van der Waals surface area contributed by atoms with Gasteiger partial charge in [0, 0.05) is 5.56 Å². The number of allylic oxidation sites excluding steroid dienone is 1. The smallest absolute Gasteiger partial charge is 0.471 e. The highest BCUT2D eigenvalue weighted by atomic mass is 19.4. The molecule has 0 heterocycles. The van der Waals surface area contributed by atoms with Gasteiger partial charge in [0.05, 0.1) is 13.2 Å². The van der Waals surface area contributed by atoms with E-state index in [9.17, 15) is 27.6 Å². The molecule has 12 heteroatoms. The van der Waals surface area contributed by atoms with Crippen molar-refractivity contribution in [2.75, 3.05) is 18.6 Å². The van der Waals surface area contributed by atoms with E-state index in [4.69, 9.17) is 9.47 Å². The first-order valence-electron chi connectivity index (χ1n) is 12.3. The lowest BCUT2D eigenvalue weighted by atomic mass is 9.87. The summed E-state index contributed by atoms with van der Waals surface area (Å²) in [6.45, 7) is 5.25. The van der Waals surface area contributed by atoms with Gasteiger partial charge >= 0.3 is 24.1 Å². The zero-order valence-corrected chi connectivity index (χ0v) is 22.6. The molecular formula is C28H30F4N2O6. The molecule has 0 radical (unpaired) electrons. The van der Waals surface area contributed by atoms with Crippen molar-refractivity contribution < 1.29 is 46.2 Å². The fourth-order valence-electron chi connectivity index (χ4n) is 4.13. The fraction of sp³-hybridized carbons (Fsp3) is 0.393. The van der Waals surface area contributed by atoms with Gasteiger partial charge in [0.15, 0.2) is 5.82 Å². The molecule has 8 nitrogen and oxygen atoms in total. The van der Waals surface area contributed by atoms with Crippen molar-refractivity contribution in [3.8, 4) is 5.75 Å². The summed E-state index contributed by atoms with van der Waals surface area (Å²) in [4.78, 5) is 36.8. The van der Waals surface area contributed by atoms with Gasteiger partial charge in [0.25, 0.3) is 0 Å². The standard InChI is InChI=1S/C28H30F4N2O6/c1-16-11-18(33-26(37)40-27(2,3)4)12-20-19(16)13-21(39-15-17-9-7-6-8-10-17)24(23(20)29)34(14-22(35)38-5)25(36)28(30,31)32/h6-11,13,18H,12,14-15H2,1-5H3,(H,33,37)/t18-/m1/s1. The number of benzene rings is 2. The second kappa shape index (κ2) is 12.0. The first-order valence-corrected chi connectivity index (χ1v) is 12.3. The Morgan fingerprint density at radius 2 is 1.75 bits per heavy atom. The average molecular weight is 567 g/mol. The van der Waals surface area contributed by atoms with Crippen molar-refractivity contribution in [3.63, 3.8) is 0 Å². The highest BCUT2D eigenvalue weighted by Gasteiger charge is 2.46. The van der Waals surface area contributed by atoms with Crippen LogP contribution in [0.15, 0.2) is 42.5 Å². The van der Waals surface area contributed by atoms with Crippen LogP contribution >= 0.6 is 0 Å². The van der Waals surface area contributed by atoms with Gasteiger partial charge in [-0.05, 0) is 56.9 Å². The molecule has 0 saturated heterocycles. The minimum absolute atomic E-state index is 0.0360. The number of nitrogens with zero attached hydrogens (tertiary/aromatic N) is 1. The van der Waals surface area contributed by atoms with Gasteiger partial charge < -0.3 is 19.5 Å². The van der Waals surface area contributed by atoms with E-state index >= 15 is 4.39 Å². The van der Waals surface area contributed by atoms with E-state index in [2.05, 4.69) is 10.1 Å². The van der Waals surface area contributed by atoms with Gasteiger partial charge in [-0.2, -0.15) is 13.2 Å². The Kier molecular flexibility index (Phi) is 9.11. The number of alkyl carbamates (subject to hydrolysis) is 1. The molecule has 2 aromatic carbocycles. The predicted molar refractivity (Wildman–Crippen MR) is 138 cm³/mol. The van der Waals surface area contributed by atoms with Gasteiger partial charge in [-0.15, -0.1) is 0 Å². The number of nitrogens with one attached hydrogen (secondary N) is 1. The Balaban J connectivity index is 2.12. The lowest BCUT2D eigenvalue weighted by Crippen LogP contribution is -2.45. The molecule has 1 N–H and O–H groups in total. The SMILES string of the molecule is COC(=O)CN(C(=O)C(F)(F)F)c1c(OCc2ccccc2)cc2c(c1F)C[C@H](NC(=O)OC(C)(C)C)C=C2C. The summed E-state index contributed by atoms with van der Waals surface area (Å²) >= 11 is 0. The van der Waals surface area contributed by atoms with Crippen molar-refractivity contribution in [1.29, 1.82) is 0 Å². The number of carbonyl (C=O) groups is 3. The zero-order chi connectivity index (χ0) is 29.8. The van der Waals surface area contributed by atoms with E-state index in [1.807, 2.05) is 0 Å². The molecule has 2 aromatic rings. The molecule has 1 aliphatic rings. The van der Waals surface area contributed by atoms with Gasteiger partial charge in [0.2, 0.25) is 0 Å². The van der Waals surface area contributed by atoms with Crippen LogP contribution in [0, 0.1) is 5.82 Å². The number of halogens is 4. The second-order valence-corrected chi connectivity index (χ2v) is 10.1. The number of fused-ring (bicyclic) bond motifs is 1. The third-order valence-electron chi connectivity index (χ3n) is 5.82. The quantitative estimate of drug-likeness (QED) is 0.360. The Morgan fingerprint density at radius 3 is 2.33 bits per heavy atom. The fourth-order valence-corrected chi connectivity index (χ4v) is 4.13. The molecule has 3 rings (SSSR count). The topological polar surface area (TPSA) is 94.2 Å². The number of methoxy groups -OCH3 is 1. The minimum atomic E-state index is -5.44. The van der Waals surface area contributed by atoms with E-state index in [0.717, 1.165) is 7.11 Å². The predicted octanol–water partition coefficient (Wildman–Crippen LogP) is 5.33. The molecule has 216 valence electrons. The molecule has 0 bridgehead atoms. The maximum atomic E-state index is 16.3. The minimum Gasteiger partial charge on any atom is -0.487 e. The number of rotatable bonds is 7. The number of carbonyl (C=O) groups excluding carboxylic acids is 3. The zero-order valence-electron chi connectivity index (χ0n) is 22.6. The van der Waals surface area contributed by atoms with Crippen LogP contribution in [0.3, 0.4) is 0 Å². The first kappa shape index (κ1) is 30.5. The van der Waals surface area contributed by atoms with Crippen molar-refractivity contribution >= 4 is 29.2 Å². The largest absolute Gasteiger partial charge is 0.487 e. The van der Waals surface area contributed by atoms with E-state index < -0.39 is 53.8 Å². The van der Waals surface area contributed by atoms with Crippen LogP contribution in [0.1, 0.15) is 44.4 Å². The van der Waals surface area contributed by atoms with Crippen molar-refractivity contribution in [1.82, 2.24) is 5.32 Å². The van der Waals surface area contributed by atoms with Crippen LogP contribution < -0.4 is 15.0 Å². The maximum absolute atomic E-state index is 16.3. The van der Waals surface area contributed by atoms with Crippen LogP contribution in [0.25, 0.3) is 5.57 Å². The first-order chi connectivity index (χ1) is 18.6. The normalized spacial score (nSPS) is 14.9. The van der Waals surface area contributed by atoms with Crippen LogP contribution in [0.5, 0.6) is 5.75 Å². The summed E-state index contributed by atoms with van der Waals surface area (Å²) in [6, 6.07) is 9.12. The van der Waals surface area contributed by atoms with Crippen LogP contribution in [0.4, 0.5) is 28.0 Å². The van der Waals surface area contributed by atoms with E-state index in [0.29, 0.717) is 16.7 Å². The summed E-state index contributed by atoms with van der Waals surface area (Å²) < 4.78 is 72.6. The highest BCUT2D eigenvalue weighted by Crippen LogP contribution is 2.42. The molecule has 40 heavy (non-hydrogen) atoms. The number of alkyl halides is 3. The monoisotopic (exact) mass is 566 g/mol.